The van der Waals surface area contributed by atoms with Crippen molar-refractivity contribution in [2.24, 2.45) is 0 Å². The van der Waals surface area contributed by atoms with Crippen molar-refractivity contribution in [3.05, 3.63) is 76.2 Å². The van der Waals surface area contributed by atoms with Gasteiger partial charge in [-0.25, -0.2) is 4.98 Å². The van der Waals surface area contributed by atoms with Crippen LogP contribution in [-0.2, 0) is 5.75 Å². The molecule has 0 radical (unpaired) electrons. The molecule has 2 aromatic carbocycles. The highest BCUT2D eigenvalue weighted by Crippen LogP contribution is 2.28. The molecule has 5 rings (SSSR count). The van der Waals surface area contributed by atoms with E-state index in [2.05, 4.69) is 30.8 Å². The maximum absolute atomic E-state index is 13.4. The number of carbonyl (C=O) groups is 1. The number of aryl methyl sites for hydroxylation is 1. The van der Waals surface area contributed by atoms with Crippen LogP contribution in [0.15, 0.2) is 64.9 Å². The number of thioether (sulfide) groups is 1. The predicted molar refractivity (Wildman–Crippen MR) is 130 cm³/mol. The van der Waals surface area contributed by atoms with E-state index in [1.165, 1.54) is 0 Å². The molecule has 3 heterocycles. The van der Waals surface area contributed by atoms with Crippen LogP contribution >= 0.6 is 23.1 Å². The maximum atomic E-state index is 13.4. The van der Waals surface area contributed by atoms with Crippen LogP contribution in [0.25, 0.3) is 5.69 Å². The third kappa shape index (κ3) is 4.76. The fraction of sp³-hybridized carbons (Fsp3) is 0.261. The molecule has 0 bridgehead atoms. The molecule has 1 amide bonds. The third-order valence-corrected chi connectivity index (χ3v) is 7.39. The van der Waals surface area contributed by atoms with Crippen LogP contribution in [0.5, 0.6) is 0 Å². The molecule has 168 valence electrons. The molecule has 0 saturated carbocycles. The molecule has 33 heavy (non-hydrogen) atoms. The van der Waals surface area contributed by atoms with E-state index in [0.717, 1.165) is 32.6 Å². The summed E-state index contributed by atoms with van der Waals surface area (Å²) in [5.74, 6) is 1.52. The lowest BCUT2D eigenvalue weighted by atomic mass is 10.2. The first-order valence-electron chi connectivity index (χ1n) is 10.7. The Bertz CT molecular complexity index is 1230. The van der Waals surface area contributed by atoms with E-state index in [9.17, 15) is 4.79 Å². The number of aromatic nitrogens is 5. The molecule has 1 aliphatic heterocycles. The molecule has 0 unspecified atom stereocenters. The van der Waals surface area contributed by atoms with Gasteiger partial charge in [0.2, 0.25) is 5.95 Å². The molecule has 0 N–H and O–H groups in total. The molecule has 1 fully saturated rings. The van der Waals surface area contributed by atoms with E-state index < -0.39 is 0 Å². The summed E-state index contributed by atoms with van der Waals surface area (Å²) in [4.78, 5) is 22.9. The Morgan fingerprint density at radius 3 is 2.55 bits per heavy atom. The van der Waals surface area contributed by atoms with Gasteiger partial charge in [-0.05, 0) is 41.6 Å². The van der Waals surface area contributed by atoms with Crippen molar-refractivity contribution in [2.75, 3.05) is 31.1 Å². The second-order valence-electron chi connectivity index (χ2n) is 7.65. The quantitative estimate of drug-likeness (QED) is 0.392. The molecule has 10 heteroatoms. The number of nitrogens with zero attached hydrogens (tertiary/aromatic N) is 7. The van der Waals surface area contributed by atoms with Crippen LogP contribution in [0, 0.1) is 6.92 Å². The van der Waals surface area contributed by atoms with Gasteiger partial charge < -0.3 is 9.80 Å². The minimum Gasteiger partial charge on any atom is -0.336 e. The number of benzene rings is 2. The summed E-state index contributed by atoms with van der Waals surface area (Å²) in [6.07, 6.45) is 0. The zero-order valence-corrected chi connectivity index (χ0v) is 19.8. The minimum atomic E-state index is 0.0647. The first-order valence-corrected chi connectivity index (χ1v) is 12.6. The molecule has 1 saturated heterocycles. The van der Waals surface area contributed by atoms with E-state index in [1.807, 2.05) is 66.4 Å². The third-order valence-electron chi connectivity index (χ3n) is 5.46. The van der Waals surface area contributed by atoms with E-state index in [1.54, 1.807) is 27.8 Å². The van der Waals surface area contributed by atoms with Crippen LogP contribution in [0.1, 0.15) is 21.1 Å². The summed E-state index contributed by atoms with van der Waals surface area (Å²) >= 11 is 3.31. The van der Waals surface area contributed by atoms with Crippen molar-refractivity contribution in [3.63, 3.8) is 0 Å². The molecule has 4 aromatic rings. The Balaban J connectivity index is 1.25. The lowest BCUT2D eigenvalue weighted by molar-refractivity contribution is 0.0742. The number of tetrazole rings is 1. The zero-order valence-electron chi connectivity index (χ0n) is 18.2. The monoisotopic (exact) mass is 477 g/mol. The number of rotatable bonds is 6. The van der Waals surface area contributed by atoms with Crippen molar-refractivity contribution < 1.29 is 4.79 Å². The predicted octanol–water partition coefficient (Wildman–Crippen LogP) is 3.68. The Kier molecular flexibility index (Phi) is 6.36. The first-order chi connectivity index (χ1) is 16.2. The molecule has 8 nitrogen and oxygen atoms in total. The Morgan fingerprint density at radius 1 is 1.03 bits per heavy atom. The SMILES string of the molecule is Cc1nc(CSc2ccccc2C(=O)N2CCN(c3nnnn3-c3ccccc3)CC2)cs1. The first kappa shape index (κ1) is 21.6. The fourth-order valence-corrected chi connectivity index (χ4v) is 5.45. The van der Waals surface area contributed by atoms with Crippen molar-refractivity contribution in [3.8, 4) is 5.69 Å². The molecule has 0 atom stereocenters. The Hall–Kier alpha value is -3.24. The molecule has 0 spiro atoms. The number of thiazole rings is 1. The molecule has 1 aliphatic rings. The van der Waals surface area contributed by atoms with Gasteiger partial charge in [0, 0.05) is 42.2 Å². The number of para-hydroxylation sites is 1. The van der Waals surface area contributed by atoms with E-state index in [-0.39, 0.29) is 5.91 Å². The lowest BCUT2D eigenvalue weighted by Gasteiger charge is -2.35. The van der Waals surface area contributed by atoms with Crippen molar-refractivity contribution >= 4 is 35.0 Å². The highest BCUT2D eigenvalue weighted by molar-refractivity contribution is 7.98. The van der Waals surface area contributed by atoms with E-state index in [4.69, 9.17) is 0 Å². The van der Waals surface area contributed by atoms with Crippen molar-refractivity contribution in [1.82, 2.24) is 30.1 Å². The summed E-state index contributed by atoms with van der Waals surface area (Å²) in [6.45, 7) is 4.59. The summed E-state index contributed by atoms with van der Waals surface area (Å²) < 4.78 is 1.74. The highest BCUT2D eigenvalue weighted by atomic mass is 32.2. The Morgan fingerprint density at radius 2 is 1.79 bits per heavy atom. The average molecular weight is 478 g/mol. The number of carbonyl (C=O) groups excluding carboxylic acids is 1. The average Bonchev–Trinajstić information content (AvgIpc) is 3.52. The number of piperazine rings is 1. The van der Waals surface area contributed by atoms with Crippen molar-refractivity contribution in [2.45, 2.75) is 17.6 Å². The van der Waals surface area contributed by atoms with E-state index in [0.29, 0.717) is 32.1 Å². The maximum Gasteiger partial charge on any atom is 0.255 e. The van der Waals surface area contributed by atoms with Gasteiger partial charge in [0.1, 0.15) is 0 Å². The van der Waals surface area contributed by atoms with Crippen LogP contribution in [0.2, 0.25) is 0 Å². The summed E-state index contributed by atoms with van der Waals surface area (Å²) in [5.41, 5.74) is 2.71. The van der Waals surface area contributed by atoms with Crippen LogP contribution < -0.4 is 4.90 Å². The zero-order chi connectivity index (χ0) is 22.6. The molecule has 2 aromatic heterocycles. The number of hydrogen-bond donors (Lipinski definition) is 0. The fourth-order valence-electron chi connectivity index (χ4n) is 3.79. The largest absolute Gasteiger partial charge is 0.336 e. The summed E-state index contributed by atoms with van der Waals surface area (Å²) in [7, 11) is 0. The van der Waals surface area contributed by atoms with Gasteiger partial charge >= 0.3 is 0 Å². The van der Waals surface area contributed by atoms with Gasteiger partial charge in [0.25, 0.3) is 5.91 Å². The lowest BCUT2D eigenvalue weighted by Crippen LogP contribution is -2.49. The standard InChI is InChI=1S/C23H23N7OS2/c1-17-24-18(15-32-17)16-33-21-10-6-5-9-20(21)22(31)28-11-13-29(14-12-28)23-25-26-27-30(23)19-7-3-2-4-8-19/h2-10,15H,11-14,16H2,1H3. The van der Waals surface area contributed by atoms with Crippen LogP contribution in [-0.4, -0.2) is 62.2 Å². The minimum absolute atomic E-state index is 0.0647. The van der Waals surface area contributed by atoms with Gasteiger partial charge in [-0.15, -0.1) is 23.1 Å². The van der Waals surface area contributed by atoms with Gasteiger partial charge in [-0.1, -0.05) is 35.4 Å². The van der Waals surface area contributed by atoms with Gasteiger partial charge in [-0.3, -0.25) is 4.79 Å². The number of hydrogen-bond acceptors (Lipinski definition) is 8. The Labute approximate surface area is 200 Å². The molecular formula is C23H23N7OS2. The normalized spacial score (nSPS) is 14.0. The van der Waals surface area contributed by atoms with E-state index >= 15 is 0 Å². The second-order valence-corrected chi connectivity index (χ2v) is 9.73. The van der Waals surface area contributed by atoms with Gasteiger partial charge in [0.15, 0.2) is 0 Å². The van der Waals surface area contributed by atoms with Crippen LogP contribution in [0.3, 0.4) is 0 Å². The van der Waals surface area contributed by atoms with Crippen molar-refractivity contribution in [1.29, 1.82) is 0 Å². The number of anilines is 1. The summed E-state index contributed by atoms with van der Waals surface area (Å²) in [5, 5.41) is 15.4. The van der Waals surface area contributed by atoms with Gasteiger partial charge in [0.05, 0.1) is 22.0 Å². The smallest absolute Gasteiger partial charge is 0.255 e. The topological polar surface area (TPSA) is 80.0 Å². The molecule has 0 aliphatic carbocycles. The summed E-state index contributed by atoms with van der Waals surface area (Å²) in [6, 6.07) is 17.7. The highest BCUT2D eigenvalue weighted by Gasteiger charge is 2.26. The number of amides is 1. The molecular weight excluding hydrogens is 454 g/mol. The van der Waals surface area contributed by atoms with Gasteiger partial charge in [-0.2, -0.15) is 4.68 Å². The van der Waals surface area contributed by atoms with Crippen LogP contribution in [0.4, 0.5) is 5.95 Å². The second kappa shape index (κ2) is 9.72.